The number of amides is 1. The number of carbonyl (C=O) groups excluding carboxylic acids is 1. The highest BCUT2D eigenvalue weighted by Crippen LogP contribution is 2.31. The van der Waals surface area contributed by atoms with Crippen molar-refractivity contribution >= 4 is 11.6 Å². The first kappa shape index (κ1) is 14.1. The molecule has 1 atom stereocenters. The van der Waals surface area contributed by atoms with Crippen molar-refractivity contribution in [1.29, 1.82) is 0 Å². The number of rotatable bonds is 2. The third kappa shape index (κ3) is 2.81. The van der Waals surface area contributed by atoms with Crippen LogP contribution in [0.1, 0.15) is 38.3 Å². The molecule has 1 aliphatic rings. The van der Waals surface area contributed by atoms with Crippen molar-refractivity contribution < 1.29 is 4.79 Å². The van der Waals surface area contributed by atoms with Gasteiger partial charge in [-0.05, 0) is 36.6 Å². The zero-order chi connectivity index (χ0) is 14.2. The molecule has 0 saturated carbocycles. The zero-order valence-corrected chi connectivity index (χ0v) is 12.6. The third-order valence-corrected chi connectivity index (χ3v) is 3.90. The maximum absolute atomic E-state index is 12.1. The monoisotopic (exact) mass is 260 g/mol. The third-order valence-electron chi connectivity index (χ3n) is 3.90. The SMILES string of the molecule is CNC1CC(=O)N(c2cc(C(C)(C)C)ccc2C)C1. The van der Waals surface area contributed by atoms with E-state index in [1.165, 1.54) is 5.56 Å². The minimum absolute atomic E-state index is 0.105. The molecule has 1 heterocycles. The number of nitrogens with zero attached hydrogens (tertiary/aromatic N) is 1. The summed E-state index contributed by atoms with van der Waals surface area (Å²) >= 11 is 0. The van der Waals surface area contributed by atoms with Crippen LogP contribution in [0.15, 0.2) is 18.2 Å². The Labute approximate surface area is 116 Å². The Balaban J connectivity index is 2.37. The van der Waals surface area contributed by atoms with E-state index in [1.54, 1.807) is 0 Å². The van der Waals surface area contributed by atoms with Gasteiger partial charge in [0.15, 0.2) is 0 Å². The quantitative estimate of drug-likeness (QED) is 0.886. The molecule has 0 bridgehead atoms. The number of likely N-dealkylation sites (N-methyl/N-ethyl adjacent to an activating group) is 1. The second kappa shape index (κ2) is 4.97. The number of aryl methyl sites for hydroxylation is 1. The van der Waals surface area contributed by atoms with Crippen LogP contribution in [0.4, 0.5) is 5.69 Å². The van der Waals surface area contributed by atoms with Crippen molar-refractivity contribution in [3.8, 4) is 0 Å². The lowest BCUT2D eigenvalue weighted by molar-refractivity contribution is -0.117. The summed E-state index contributed by atoms with van der Waals surface area (Å²) in [5.41, 5.74) is 3.61. The molecule has 1 amide bonds. The molecule has 0 aliphatic carbocycles. The molecule has 3 nitrogen and oxygen atoms in total. The van der Waals surface area contributed by atoms with Gasteiger partial charge in [0.25, 0.3) is 0 Å². The number of benzene rings is 1. The summed E-state index contributed by atoms with van der Waals surface area (Å²) in [6, 6.07) is 6.72. The lowest BCUT2D eigenvalue weighted by atomic mass is 9.86. The summed E-state index contributed by atoms with van der Waals surface area (Å²) in [6.45, 7) is 9.43. The van der Waals surface area contributed by atoms with E-state index in [4.69, 9.17) is 0 Å². The van der Waals surface area contributed by atoms with Gasteiger partial charge in [0.2, 0.25) is 5.91 Å². The van der Waals surface area contributed by atoms with Gasteiger partial charge >= 0.3 is 0 Å². The molecule has 1 aliphatic heterocycles. The summed E-state index contributed by atoms with van der Waals surface area (Å²) in [5, 5.41) is 3.20. The van der Waals surface area contributed by atoms with Gasteiger partial charge in [-0.3, -0.25) is 4.79 Å². The molecule has 1 fully saturated rings. The van der Waals surface area contributed by atoms with Crippen molar-refractivity contribution in [1.82, 2.24) is 5.32 Å². The molecule has 0 radical (unpaired) electrons. The standard InChI is InChI=1S/C16H24N2O/c1-11-6-7-12(16(2,3)4)8-14(11)18-10-13(17-5)9-15(18)19/h6-8,13,17H,9-10H2,1-5H3. The van der Waals surface area contributed by atoms with Gasteiger partial charge < -0.3 is 10.2 Å². The maximum atomic E-state index is 12.1. The highest BCUT2D eigenvalue weighted by atomic mass is 16.2. The van der Waals surface area contributed by atoms with Crippen molar-refractivity contribution in [2.45, 2.75) is 45.6 Å². The first-order chi connectivity index (χ1) is 8.82. The average Bonchev–Trinajstić information content (AvgIpc) is 2.69. The van der Waals surface area contributed by atoms with Crippen LogP contribution in [-0.4, -0.2) is 25.5 Å². The lowest BCUT2D eigenvalue weighted by Crippen LogP contribution is -2.30. The van der Waals surface area contributed by atoms with Crippen LogP contribution in [-0.2, 0) is 10.2 Å². The van der Waals surface area contributed by atoms with Crippen molar-refractivity contribution in [2.75, 3.05) is 18.5 Å². The van der Waals surface area contributed by atoms with Crippen molar-refractivity contribution in [2.24, 2.45) is 0 Å². The van der Waals surface area contributed by atoms with Crippen LogP contribution < -0.4 is 10.2 Å². The second-order valence-electron chi connectivity index (χ2n) is 6.45. The highest BCUT2D eigenvalue weighted by Gasteiger charge is 2.30. The van der Waals surface area contributed by atoms with E-state index < -0.39 is 0 Å². The number of nitrogens with one attached hydrogen (secondary N) is 1. The fraction of sp³-hybridized carbons (Fsp3) is 0.562. The van der Waals surface area contributed by atoms with E-state index in [9.17, 15) is 4.79 Å². The van der Waals surface area contributed by atoms with Crippen LogP contribution in [0.2, 0.25) is 0 Å². The van der Waals surface area contributed by atoms with Gasteiger partial charge in [0.05, 0.1) is 0 Å². The molecule has 0 spiro atoms. The molecular formula is C16H24N2O. The minimum Gasteiger partial charge on any atom is -0.315 e. The Kier molecular flexibility index (Phi) is 3.68. The van der Waals surface area contributed by atoms with E-state index in [-0.39, 0.29) is 17.4 Å². The van der Waals surface area contributed by atoms with Crippen LogP contribution >= 0.6 is 0 Å². The fourth-order valence-corrected chi connectivity index (χ4v) is 2.50. The van der Waals surface area contributed by atoms with Gasteiger partial charge in [-0.15, -0.1) is 0 Å². The fourth-order valence-electron chi connectivity index (χ4n) is 2.50. The number of hydrogen-bond donors (Lipinski definition) is 1. The molecule has 104 valence electrons. The van der Waals surface area contributed by atoms with Crippen LogP contribution in [0.5, 0.6) is 0 Å². The molecular weight excluding hydrogens is 236 g/mol. The van der Waals surface area contributed by atoms with E-state index in [2.05, 4.69) is 51.2 Å². The van der Waals surface area contributed by atoms with Crippen molar-refractivity contribution in [3.05, 3.63) is 29.3 Å². The van der Waals surface area contributed by atoms with Gasteiger partial charge in [-0.25, -0.2) is 0 Å². The van der Waals surface area contributed by atoms with Crippen molar-refractivity contribution in [3.63, 3.8) is 0 Å². The van der Waals surface area contributed by atoms with Crippen LogP contribution in [0, 0.1) is 6.92 Å². The molecule has 3 heteroatoms. The molecule has 1 aromatic carbocycles. The molecule has 19 heavy (non-hydrogen) atoms. The molecule has 2 rings (SSSR count). The lowest BCUT2D eigenvalue weighted by Gasteiger charge is -2.24. The van der Waals surface area contributed by atoms with E-state index in [0.717, 1.165) is 17.8 Å². The maximum Gasteiger partial charge on any atom is 0.228 e. The number of carbonyl (C=O) groups is 1. The second-order valence-corrected chi connectivity index (χ2v) is 6.45. The van der Waals surface area contributed by atoms with Crippen LogP contribution in [0.25, 0.3) is 0 Å². The smallest absolute Gasteiger partial charge is 0.228 e. The summed E-state index contributed by atoms with van der Waals surface area (Å²) in [5.74, 6) is 0.216. The molecule has 0 aromatic heterocycles. The van der Waals surface area contributed by atoms with Gasteiger partial charge in [-0.2, -0.15) is 0 Å². The van der Waals surface area contributed by atoms with Gasteiger partial charge in [0.1, 0.15) is 0 Å². The predicted octanol–water partition coefficient (Wildman–Crippen LogP) is 2.62. The van der Waals surface area contributed by atoms with Gasteiger partial charge in [-0.1, -0.05) is 32.9 Å². The average molecular weight is 260 g/mol. The Hall–Kier alpha value is -1.35. The van der Waals surface area contributed by atoms with Crippen LogP contribution in [0.3, 0.4) is 0 Å². The summed E-state index contributed by atoms with van der Waals surface area (Å²) < 4.78 is 0. The Morgan fingerprint density at radius 2 is 2.00 bits per heavy atom. The zero-order valence-electron chi connectivity index (χ0n) is 12.6. The minimum atomic E-state index is 0.105. The highest BCUT2D eigenvalue weighted by molar-refractivity contribution is 5.97. The molecule has 1 saturated heterocycles. The normalized spacial score (nSPS) is 20.2. The van der Waals surface area contributed by atoms with E-state index in [0.29, 0.717) is 6.42 Å². The van der Waals surface area contributed by atoms with E-state index in [1.807, 2.05) is 11.9 Å². The molecule has 1 aromatic rings. The Morgan fingerprint density at radius 1 is 1.32 bits per heavy atom. The topological polar surface area (TPSA) is 32.3 Å². The first-order valence-corrected chi connectivity index (χ1v) is 6.91. The van der Waals surface area contributed by atoms with Gasteiger partial charge in [0, 0.05) is 24.7 Å². The summed E-state index contributed by atoms with van der Waals surface area (Å²) in [7, 11) is 1.92. The Morgan fingerprint density at radius 3 is 2.53 bits per heavy atom. The summed E-state index contributed by atoms with van der Waals surface area (Å²) in [4.78, 5) is 14.1. The Bertz CT molecular complexity index is 488. The predicted molar refractivity (Wildman–Crippen MR) is 79.7 cm³/mol. The number of hydrogen-bond acceptors (Lipinski definition) is 2. The van der Waals surface area contributed by atoms with E-state index >= 15 is 0 Å². The first-order valence-electron chi connectivity index (χ1n) is 6.91. The number of anilines is 1. The largest absolute Gasteiger partial charge is 0.315 e. The summed E-state index contributed by atoms with van der Waals surface area (Å²) in [6.07, 6.45) is 0.593. The molecule has 1 unspecified atom stereocenters. The molecule has 1 N–H and O–H groups in total.